The second-order valence-electron chi connectivity index (χ2n) is 3.39. The van der Waals surface area contributed by atoms with Gasteiger partial charge in [-0.1, -0.05) is 0 Å². The summed E-state index contributed by atoms with van der Waals surface area (Å²) in [6.45, 7) is 0. The van der Waals surface area contributed by atoms with Crippen molar-refractivity contribution in [1.82, 2.24) is 9.97 Å². The largest absolute Gasteiger partial charge is 0.496 e. The predicted molar refractivity (Wildman–Crippen MR) is 71.3 cm³/mol. The molecule has 0 bridgehead atoms. The number of hydrogen-bond donors (Lipinski definition) is 1. The fraction of sp³-hybridized carbons (Fsp3) is 0.167. The number of hydrogen-bond acceptors (Lipinski definition) is 4. The minimum atomic E-state index is 0.793. The molecule has 0 saturated carbocycles. The maximum absolute atomic E-state index is 5.19. The highest BCUT2D eigenvalue weighted by Crippen LogP contribution is 2.29. The third-order valence-corrected chi connectivity index (χ3v) is 2.99. The molecule has 0 radical (unpaired) electrons. The van der Waals surface area contributed by atoms with Crippen molar-refractivity contribution in [3.63, 3.8) is 0 Å². The first-order valence-electron chi connectivity index (χ1n) is 5.08. The van der Waals surface area contributed by atoms with E-state index < -0.39 is 0 Å². The lowest BCUT2D eigenvalue weighted by Gasteiger charge is -2.06. The highest BCUT2D eigenvalue weighted by Gasteiger charge is 2.05. The van der Waals surface area contributed by atoms with E-state index >= 15 is 0 Å². The van der Waals surface area contributed by atoms with Crippen molar-refractivity contribution < 1.29 is 4.74 Å². The Balaban J connectivity index is 2.42. The molecule has 1 aromatic carbocycles. The minimum absolute atomic E-state index is 0.793. The van der Waals surface area contributed by atoms with Crippen molar-refractivity contribution in [2.75, 3.05) is 19.5 Å². The molecule has 2 rings (SSSR count). The number of benzene rings is 1. The van der Waals surface area contributed by atoms with Crippen molar-refractivity contribution in [2.45, 2.75) is 0 Å². The molecule has 0 aliphatic carbocycles. The van der Waals surface area contributed by atoms with Gasteiger partial charge in [0.15, 0.2) is 0 Å². The normalized spacial score (nSPS) is 10.1. The lowest BCUT2D eigenvalue weighted by Crippen LogP contribution is -1.94. The molecule has 0 saturated heterocycles. The summed E-state index contributed by atoms with van der Waals surface area (Å²) in [4.78, 5) is 8.32. The number of nitrogens with one attached hydrogen (secondary N) is 1. The van der Waals surface area contributed by atoms with E-state index in [0.29, 0.717) is 0 Å². The molecule has 0 atom stereocenters. The first kappa shape index (κ1) is 11.9. The lowest BCUT2D eigenvalue weighted by molar-refractivity contribution is 0.412. The highest BCUT2D eigenvalue weighted by molar-refractivity contribution is 9.10. The molecular weight excluding hydrogens is 282 g/mol. The van der Waals surface area contributed by atoms with Crippen LogP contribution < -0.4 is 10.1 Å². The Morgan fingerprint density at radius 1 is 1.24 bits per heavy atom. The van der Waals surface area contributed by atoms with Crippen LogP contribution in [0, 0.1) is 0 Å². The van der Waals surface area contributed by atoms with Crippen molar-refractivity contribution in [1.29, 1.82) is 0 Å². The molecule has 0 aliphatic heterocycles. The van der Waals surface area contributed by atoms with Crippen LogP contribution in [0.2, 0.25) is 0 Å². The van der Waals surface area contributed by atoms with Crippen LogP contribution in [0.3, 0.4) is 0 Å². The van der Waals surface area contributed by atoms with Crippen LogP contribution >= 0.6 is 15.9 Å². The Hall–Kier alpha value is -1.62. The number of methoxy groups -OCH3 is 1. The second-order valence-corrected chi connectivity index (χ2v) is 4.24. The Kier molecular flexibility index (Phi) is 3.58. The molecule has 1 N–H and O–H groups in total. The van der Waals surface area contributed by atoms with E-state index in [2.05, 4.69) is 31.2 Å². The monoisotopic (exact) mass is 293 g/mol. The molecule has 1 heterocycles. The maximum Gasteiger partial charge on any atom is 0.133 e. The zero-order chi connectivity index (χ0) is 12.3. The SMILES string of the molecule is CNc1cc(-c2ccc(OC)c(Br)c2)ncn1. The van der Waals surface area contributed by atoms with Gasteiger partial charge in [-0.05, 0) is 34.1 Å². The van der Waals surface area contributed by atoms with Gasteiger partial charge >= 0.3 is 0 Å². The average molecular weight is 294 g/mol. The number of ether oxygens (including phenoxy) is 1. The minimum Gasteiger partial charge on any atom is -0.496 e. The van der Waals surface area contributed by atoms with Crippen molar-refractivity contribution in [3.8, 4) is 17.0 Å². The summed E-state index contributed by atoms with van der Waals surface area (Å²) in [6.07, 6.45) is 1.54. The first-order chi connectivity index (χ1) is 8.24. The van der Waals surface area contributed by atoms with E-state index in [1.807, 2.05) is 31.3 Å². The van der Waals surface area contributed by atoms with E-state index in [4.69, 9.17) is 4.74 Å². The molecule has 0 aliphatic rings. The third-order valence-electron chi connectivity index (χ3n) is 2.37. The van der Waals surface area contributed by atoms with Gasteiger partial charge in [0.1, 0.15) is 17.9 Å². The van der Waals surface area contributed by atoms with Crippen molar-refractivity contribution in [3.05, 3.63) is 35.1 Å². The average Bonchev–Trinajstić information content (AvgIpc) is 2.38. The maximum atomic E-state index is 5.19. The second kappa shape index (κ2) is 5.14. The summed E-state index contributed by atoms with van der Waals surface area (Å²) < 4.78 is 6.09. The van der Waals surface area contributed by atoms with Crippen molar-refractivity contribution in [2.24, 2.45) is 0 Å². The summed E-state index contributed by atoms with van der Waals surface area (Å²) in [5.41, 5.74) is 1.88. The van der Waals surface area contributed by atoms with Crippen LogP contribution in [0.25, 0.3) is 11.3 Å². The molecule has 0 amide bonds. The molecule has 1 aromatic heterocycles. The molecule has 5 heteroatoms. The molecule has 0 unspecified atom stereocenters. The zero-order valence-electron chi connectivity index (χ0n) is 9.57. The van der Waals surface area contributed by atoms with Gasteiger partial charge in [-0.3, -0.25) is 0 Å². The van der Waals surface area contributed by atoms with Gasteiger partial charge < -0.3 is 10.1 Å². The predicted octanol–water partition coefficient (Wildman–Crippen LogP) is 2.96. The Morgan fingerprint density at radius 2 is 2.06 bits per heavy atom. The molecule has 4 nitrogen and oxygen atoms in total. The molecule has 88 valence electrons. The van der Waals surface area contributed by atoms with E-state index in [0.717, 1.165) is 27.3 Å². The van der Waals surface area contributed by atoms with E-state index in [1.165, 1.54) is 0 Å². The molecule has 17 heavy (non-hydrogen) atoms. The van der Waals surface area contributed by atoms with Crippen LogP contribution in [-0.2, 0) is 0 Å². The van der Waals surface area contributed by atoms with Crippen molar-refractivity contribution >= 4 is 21.7 Å². The zero-order valence-corrected chi connectivity index (χ0v) is 11.2. The van der Waals surface area contributed by atoms with Gasteiger partial charge in [-0.25, -0.2) is 9.97 Å². The van der Waals surface area contributed by atoms with Crippen LogP contribution in [0.4, 0.5) is 5.82 Å². The smallest absolute Gasteiger partial charge is 0.133 e. The Morgan fingerprint density at radius 3 is 2.71 bits per heavy atom. The van der Waals surface area contributed by atoms with Gasteiger partial charge in [-0.15, -0.1) is 0 Å². The number of halogens is 1. The van der Waals surface area contributed by atoms with E-state index in [-0.39, 0.29) is 0 Å². The molecular formula is C12H12BrN3O. The summed E-state index contributed by atoms with van der Waals surface area (Å²) in [7, 11) is 3.47. The van der Waals surface area contributed by atoms with E-state index in [9.17, 15) is 0 Å². The van der Waals surface area contributed by atoms with Gasteiger partial charge in [0.05, 0.1) is 17.3 Å². The fourth-order valence-corrected chi connectivity index (χ4v) is 2.02. The highest BCUT2D eigenvalue weighted by atomic mass is 79.9. The third kappa shape index (κ3) is 2.55. The van der Waals surface area contributed by atoms with Crippen LogP contribution in [0.1, 0.15) is 0 Å². The van der Waals surface area contributed by atoms with Gasteiger partial charge in [0, 0.05) is 18.7 Å². The number of nitrogens with zero attached hydrogens (tertiary/aromatic N) is 2. The Bertz CT molecular complexity index is 531. The van der Waals surface area contributed by atoms with Gasteiger partial charge in [0.2, 0.25) is 0 Å². The van der Waals surface area contributed by atoms with Crippen LogP contribution in [0.5, 0.6) is 5.75 Å². The van der Waals surface area contributed by atoms with Crippen LogP contribution in [-0.4, -0.2) is 24.1 Å². The summed E-state index contributed by atoms with van der Waals surface area (Å²) in [6, 6.07) is 7.74. The lowest BCUT2D eigenvalue weighted by atomic mass is 10.1. The van der Waals surface area contributed by atoms with Gasteiger partial charge in [-0.2, -0.15) is 0 Å². The van der Waals surface area contributed by atoms with Gasteiger partial charge in [0.25, 0.3) is 0 Å². The molecule has 0 fully saturated rings. The quantitative estimate of drug-likeness (QED) is 0.945. The first-order valence-corrected chi connectivity index (χ1v) is 5.87. The number of anilines is 1. The molecule has 2 aromatic rings. The summed E-state index contributed by atoms with van der Waals surface area (Å²) in [5, 5.41) is 2.99. The summed E-state index contributed by atoms with van der Waals surface area (Å²) >= 11 is 3.46. The molecule has 0 spiro atoms. The standard InChI is InChI=1S/C12H12BrN3O/c1-14-12-6-10(15-7-16-12)8-3-4-11(17-2)9(13)5-8/h3-7H,1-2H3,(H,14,15,16). The fourth-order valence-electron chi connectivity index (χ4n) is 1.48. The summed E-state index contributed by atoms with van der Waals surface area (Å²) in [5.74, 6) is 1.60. The Labute approximate surface area is 108 Å². The topological polar surface area (TPSA) is 47.0 Å². The van der Waals surface area contributed by atoms with E-state index in [1.54, 1.807) is 13.4 Å². The van der Waals surface area contributed by atoms with Crippen LogP contribution in [0.15, 0.2) is 35.1 Å². The number of rotatable bonds is 3. The number of aromatic nitrogens is 2.